The molecule has 1 N–H and O–H groups in total. The zero-order valence-electron chi connectivity index (χ0n) is 17.6. The van der Waals surface area contributed by atoms with Crippen LogP contribution in [-0.2, 0) is 11.2 Å². The van der Waals surface area contributed by atoms with Crippen LogP contribution in [0.4, 0.5) is 0 Å². The second-order valence-electron chi connectivity index (χ2n) is 7.22. The maximum Gasteiger partial charge on any atom is 0.307 e. The number of carboxylic acid groups (broad SMARTS) is 1. The summed E-state index contributed by atoms with van der Waals surface area (Å²) in [6, 6.07) is 10.9. The van der Waals surface area contributed by atoms with Crippen molar-refractivity contribution >= 4 is 22.5 Å². The van der Waals surface area contributed by atoms with Crippen LogP contribution in [0.2, 0.25) is 0 Å². The Morgan fingerprint density at radius 2 is 1.73 bits per heavy atom. The number of nitrogens with zero attached hydrogens (tertiary/aromatic N) is 1. The number of rotatable bonds is 8. The molecule has 0 bridgehead atoms. The van der Waals surface area contributed by atoms with Crippen LogP contribution in [0.3, 0.4) is 0 Å². The van der Waals surface area contributed by atoms with E-state index in [1.807, 2.05) is 18.2 Å². The molecule has 6 nitrogen and oxygen atoms in total. The van der Waals surface area contributed by atoms with Crippen molar-refractivity contribution in [2.24, 2.45) is 0 Å². The van der Waals surface area contributed by atoms with E-state index in [9.17, 15) is 14.7 Å². The number of hydrogen-bond acceptors (Lipinski definition) is 5. The van der Waals surface area contributed by atoms with Crippen LogP contribution in [0.1, 0.15) is 53.4 Å². The maximum absolute atomic E-state index is 13.4. The molecule has 0 amide bonds. The number of aromatic nitrogens is 1. The smallest absolute Gasteiger partial charge is 0.307 e. The molecule has 0 aliphatic carbocycles. The van der Waals surface area contributed by atoms with Gasteiger partial charge < -0.3 is 14.6 Å². The van der Waals surface area contributed by atoms with Crippen LogP contribution in [0, 0.1) is 0 Å². The fourth-order valence-corrected chi connectivity index (χ4v) is 3.47. The van der Waals surface area contributed by atoms with Gasteiger partial charge in [-0.05, 0) is 47.1 Å². The number of hydrogen-bond donors (Lipinski definition) is 1. The molecule has 3 aromatic rings. The molecule has 1 atom stereocenters. The van der Waals surface area contributed by atoms with Gasteiger partial charge in [-0.3, -0.25) is 14.6 Å². The van der Waals surface area contributed by atoms with Crippen molar-refractivity contribution in [3.8, 4) is 11.5 Å². The van der Waals surface area contributed by atoms with Gasteiger partial charge in [0, 0.05) is 17.1 Å². The molecular weight excluding hydrogens is 382 g/mol. The molecule has 0 spiro atoms. The van der Waals surface area contributed by atoms with Crippen LogP contribution < -0.4 is 9.47 Å². The summed E-state index contributed by atoms with van der Waals surface area (Å²) in [5, 5.41) is 10.4. The van der Waals surface area contributed by atoms with Crippen molar-refractivity contribution in [1.29, 1.82) is 0 Å². The quantitative estimate of drug-likeness (QED) is 0.548. The molecule has 3 rings (SSSR count). The third-order valence-electron chi connectivity index (χ3n) is 5.36. The molecule has 156 valence electrons. The Kier molecular flexibility index (Phi) is 6.35. The van der Waals surface area contributed by atoms with Gasteiger partial charge in [0.1, 0.15) is 5.69 Å². The lowest BCUT2D eigenvalue weighted by molar-refractivity contribution is -0.136. The topological polar surface area (TPSA) is 85.7 Å². The van der Waals surface area contributed by atoms with Crippen molar-refractivity contribution < 1.29 is 24.2 Å². The van der Waals surface area contributed by atoms with E-state index in [1.54, 1.807) is 18.2 Å². The molecule has 2 aromatic carbocycles. The average molecular weight is 407 g/mol. The van der Waals surface area contributed by atoms with Crippen molar-refractivity contribution in [3.63, 3.8) is 0 Å². The highest BCUT2D eigenvalue weighted by Crippen LogP contribution is 2.35. The summed E-state index contributed by atoms with van der Waals surface area (Å²) in [6.45, 7) is 4.23. The largest absolute Gasteiger partial charge is 0.493 e. The van der Waals surface area contributed by atoms with E-state index < -0.39 is 5.97 Å². The summed E-state index contributed by atoms with van der Waals surface area (Å²) < 4.78 is 10.8. The molecule has 1 heterocycles. The Bertz CT molecular complexity index is 1110. The molecule has 6 heteroatoms. The fraction of sp³-hybridized carbons (Fsp3) is 0.292. The van der Waals surface area contributed by atoms with Crippen LogP contribution in [0.5, 0.6) is 11.5 Å². The van der Waals surface area contributed by atoms with Gasteiger partial charge in [-0.2, -0.15) is 0 Å². The molecule has 1 unspecified atom stereocenters. The molecular formula is C24H25NO5. The first-order valence-corrected chi connectivity index (χ1v) is 9.79. The number of carbonyl (C=O) groups excluding carboxylic acids is 1. The van der Waals surface area contributed by atoms with Gasteiger partial charge in [0.15, 0.2) is 11.5 Å². The normalized spacial score (nSPS) is 11.9. The van der Waals surface area contributed by atoms with E-state index in [-0.39, 0.29) is 17.9 Å². The van der Waals surface area contributed by atoms with Gasteiger partial charge in [-0.15, -0.1) is 0 Å². The molecule has 0 radical (unpaired) electrons. The Balaban J connectivity index is 2.20. The maximum atomic E-state index is 13.4. The number of aliphatic carboxylic acids is 1. The van der Waals surface area contributed by atoms with Gasteiger partial charge >= 0.3 is 5.97 Å². The van der Waals surface area contributed by atoms with Crippen molar-refractivity contribution in [1.82, 2.24) is 4.98 Å². The van der Waals surface area contributed by atoms with Crippen LogP contribution in [0.15, 0.2) is 42.6 Å². The number of ketones is 1. The summed E-state index contributed by atoms with van der Waals surface area (Å²) in [4.78, 5) is 29.0. The minimum Gasteiger partial charge on any atom is -0.493 e. The number of carbonyl (C=O) groups is 2. The van der Waals surface area contributed by atoms with E-state index in [1.165, 1.54) is 20.4 Å². The van der Waals surface area contributed by atoms with E-state index in [2.05, 4.69) is 18.8 Å². The van der Waals surface area contributed by atoms with Crippen LogP contribution in [-0.4, -0.2) is 36.1 Å². The second-order valence-corrected chi connectivity index (χ2v) is 7.22. The first-order chi connectivity index (χ1) is 14.4. The average Bonchev–Trinajstić information content (AvgIpc) is 2.77. The number of carboxylic acids is 1. The number of fused-ring (bicyclic) bond motifs is 1. The standard InChI is InChI=1S/C24H25NO5/c1-5-14(2)15-7-6-8-16(9-15)24(28)23-19-12-21(30-4)20(29-3)11-18(19)17(13-25-23)10-22(26)27/h6-9,11-14H,5,10H2,1-4H3,(H,26,27). The van der Waals surface area contributed by atoms with E-state index in [0.717, 1.165) is 12.0 Å². The Hall–Kier alpha value is -3.41. The van der Waals surface area contributed by atoms with Gasteiger partial charge in [0.05, 0.1) is 20.6 Å². The van der Waals surface area contributed by atoms with Crippen LogP contribution >= 0.6 is 0 Å². The summed E-state index contributed by atoms with van der Waals surface area (Å²) in [6.07, 6.45) is 2.21. The summed E-state index contributed by atoms with van der Waals surface area (Å²) in [7, 11) is 3.02. The first kappa shape index (κ1) is 21.3. The Morgan fingerprint density at radius 3 is 2.33 bits per heavy atom. The summed E-state index contributed by atoms with van der Waals surface area (Å²) in [5.74, 6) is 0.0406. The van der Waals surface area contributed by atoms with Gasteiger partial charge in [0.25, 0.3) is 0 Å². The van der Waals surface area contributed by atoms with Crippen molar-refractivity contribution in [2.45, 2.75) is 32.6 Å². The van der Waals surface area contributed by atoms with Crippen molar-refractivity contribution in [2.75, 3.05) is 14.2 Å². The third-order valence-corrected chi connectivity index (χ3v) is 5.36. The molecule has 0 aliphatic rings. The highest BCUT2D eigenvalue weighted by atomic mass is 16.5. The lowest BCUT2D eigenvalue weighted by Crippen LogP contribution is -2.09. The number of benzene rings is 2. The number of pyridine rings is 1. The lowest BCUT2D eigenvalue weighted by Gasteiger charge is -2.14. The molecule has 30 heavy (non-hydrogen) atoms. The summed E-state index contributed by atoms with van der Waals surface area (Å²) >= 11 is 0. The molecule has 1 aromatic heterocycles. The highest BCUT2D eigenvalue weighted by molar-refractivity contribution is 6.16. The fourth-order valence-electron chi connectivity index (χ4n) is 3.47. The van der Waals surface area contributed by atoms with Gasteiger partial charge in [-0.1, -0.05) is 32.0 Å². The molecule has 0 saturated heterocycles. The van der Waals surface area contributed by atoms with E-state index in [0.29, 0.717) is 39.3 Å². The Morgan fingerprint density at radius 1 is 1.07 bits per heavy atom. The van der Waals surface area contributed by atoms with E-state index >= 15 is 0 Å². The second kappa shape index (κ2) is 8.95. The molecule has 0 fully saturated rings. The third kappa shape index (κ3) is 4.13. The zero-order chi connectivity index (χ0) is 21.8. The monoisotopic (exact) mass is 407 g/mol. The minimum atomic E-state index is -0.979. The predicted octanol–water partition coefficient (Wildman–Crippen LogP) is 4.62. The van der Waals surface area contributed by atoms with E-state index in [4.69, 9.17) is 9.47 Å². The van der Waals surface area contributed by atoms with Crippen LogP contribution in [0.25, 0.3) is 10.8 Å². The zero-order valence-corrected chi connectivity index (χ0v) is 17.6. The van der Waals surface area contributed by atoms with Gasteiger partial charge in [-0.25, -0.2) is 0 Å². The van der Waals surface area contributed by atoms with Crippen molar-refractivity contribution in [3.05, 3.63) is 65.0 Å². The highest BCUT2D eigenvalue weighted by Gasteiger charge is 2.20. The predicted molar refractivity (Wildman–Crippen MR) is 115 cm³/mol. The summed E-state index contributed by atoms with van der Waals surface area (Å²) in [5.41, 5.74) is 2.39. The lowest BCUT2D eigenvalue weighted by atomic mass is 9.93. The molecule has 0 aliphatic heterocycles. The SMILES string of the molecule is CCC(C)c1cccc(C(=O)c2ncc(CC(=O)O)c3cc(OC)c(OC)cc23)c1. The first-order valence-electron chi connectivity index (χ1n) is 9.79. The minimum absolute atomic E-state index is 0.211. The number of ether oxygens (including phenoxy) is 2. The number of methoxy groups -OCH3 is 2. The molecule has 0 saturated carbocycles. The van der Waals surface area contributed by atoms with Gasteiger partial charge in [0.2, 0.25) is 5.78 Å². The Labute approximate surface area is 175 Å².